The summed E-state index contributed by atoms with van der Waals surface area (Å²) in [4.78, 5) is 4.56. The smallest absolute Gasteiger partial charge is 0.130 e. The number of hydrogen-bond acceptors (Lipinski definition) is 4. The molecule has 0 saturated heterocycles. The Hall–Kier alpha value is -2.60. The average molecular weight is 336 g/mol. The maximum absolute atomic E-state index is 4.56. The highest BCUT2D eigenvalue weighted by atomic mass is 15.3. The zero-order valence-corrected chi connectivity index (χ0v) is 14.7. The molecule has 25 heavy (non-hydrogen) atoms. The van der Waals surface area contributed by atoms with Crippen LogP contribution in [0.1, 0.15) is 23.1 Å². The summed E-state index contributed by atoms with van der Waals surface area (Å²) in [5.41, 5.74) is 2.29. The van der Waals surface area contributed by atoms with Crippen LogP contribution in [0.4, 0.5) is 5.82 Å². The highest BCUT2D eigenvalue weighted by Gasteiger charge is 2.23. The third-order valence-corrected chi connectivity index (χ3v) is 4.77. The van der Waals surface area contributed by atoms with Crippen molar-refractivity contribution in [3.05, 3.63) is 65.9 Å². The van der Waals surface area contributed by atoms with Gasteiger partial charge >= 0.3 is 0 Å². The number of nitrogens with zero attached hydrogens (tertiary/aromatic N) is 4. The van der Waals surface area contributed by atoms with Crippen LogP contribution >= 0.6 is 0 Å². The predicted molar refractivity (Wildman–Crippen MR) is 98.4 cm³/mol. The molecule has 4 rings (SSSR count). The highest BCUT2D eigenvalue weighted by molar-refractivity contribution is 5.38. The van der Waals surface area contributed by atoms with Gasteiger partial charge in [0.15, 0.2) is 0 Å². The number of fused-ring (bicyclic) bond motifs is 1. The van der Waals surface area contributed by atoms with Gasteiger partial charge in [0.25, 0.3) is 0 Å². The molecule has 1 aliphatic rings. The minimum Gasteiger partial charge on any atom is -0.370 e. The van der Waals surface area contributed by atoms with E-state index in [0.717, 1.165) is 37.0 Å². The van der Waals surface area contributed by atoms with Gasteiger partial charge in [-0.1, -0.05) is 30.3 Å². The molecule has 3 aromatic rings. The quantitative estimate of drug-likeness (QED) is 0.751. The summed E-state index contributed by atoms with van der Waals surface area (Å²) in [6.45, 7) is 4.83. The fourth-order valence-corrected chi connectivity index (χ4v) is 3.47. The molecule has 0 fully saturated rings. The van der Waals surface area contributed by atoms with Crippen molar-refractivity contribution in [2.45, 2.75) is 19.5 Å². The molecule has 0 bridgehead atoms. The van der Waals surface area contributed by atoms with E-state index in [1.54, 1.807) is 0 Å². The van der Waals surface area contributed by atoms with Crippen LogP contribution in [0.3, 0.4) is 0 Å². The number of aryl methyl sites for hydroxylation is 2. The van der Waals surface area contributed by atoms with Crippen LogP contribution in [0, 0.1) is 12.8 Å². The standard InChI is InChI=1S/C19H24N6/c1-14-10-17-21-11-15(13-25(17)23-14)12-22-18(16-6-4-3-5-7-16)19-20-8-9-24(19)2/h3-10,15,18,21-22H,11-13H2,1-2H3/t15-,18+/m0/s1. The van der Waals surface area contributed by atoms with Crippen molar-refractivity contribution in [1.82, 2.24) is 24.6 Å². The third kappa shape index (κ3) is 3.30. The second kappa shape index (κ2) is 6.72. The second-order valence-electron chi connectivity index (χ2n) is 6.75. The van der Waals surface area contributed by atoms with Crippen molar-refractivity contribution in [1.29, 1.82) is 0 Å². The Morgan fingerprint density at radius 1 is 1.32 bits per heavy atom. The van der Waals surface area contributed by atoms with E-state index in [9.17, 15) is 0 Å². The molecule has 2 atom stereocenters. The summed E-state index contributed by atoms with van der Waals surface area (Å²) in [5, 5.41) is 11.8. The molecule has 130 valence electrons. The van der Waals surface area contributed by atoms with E-state index in [4.69, 9.17) is 0 Å². The Labute approximate surface area is 147 Å². The topological polar surface area (TPSA) is 59.7 Å². The van der Waals surface area contributed by atoms with E-state index in [1.165, 1.54) is 5.56 Å². The maximum Gasteiger partial charge on any atom is 0.130 e. The van der Waals surface area contributed by atoms with Crippen molar-refractivity contribution < 1.29 is 0 Å². The first-order valence-electron chi connectivity index (χ1n) is 8.74. The maximum atomic E-state index is 4.56. The fraction of sp³-hybridized carbons (Fsp3) is 0.368. The number of aromatic nitrogens is 4. The molecule has 1 aliphatic heterocycles. The van der Waals surface area contributed by atoms with Gasteiger partial charge in [0.2, 0.25) is 0 Å². The molecule has 6 heteroatoms. The number of benzene rings is 1. The van der Waals surface area contributed by atoms with Crippen molar-refractivity contribution >= 4 is 5.82 Å². The SMILES string of the molecule is Cc1cc2n(n1)C[C@H](CN[C@H](c1ccccc1)c1nccn1C)CN2. The average Bonchev–Trinajstić information content (AvgIpc) is 3.20. The zero-order chi connectivity index (χ0) is 17.2. The van der Waals surface area contributed by atoms with E-state index in [1.807, 2.05) is 32.4 Å². The third-order valence-electron chi connectivity index (χ3n) is 4.77. The Morgan fingerprint density at radius 2 is 2.16 bits per heavy atom. The van der Waals surface area contributed by atoms with Crippen LogP contribution in [0.15, 0.2) is 48.8 Å². The van der Waals surface area contributed by atoms with Crippen LogP contribution in [-0.4, -0.2) is 32.4 Å². The lowest BCUT2D eigenvalue weighted by atomic mass is 10.0. The fourth-order valence-electron chi connectivity index (χ4n) is 3.47. The molecular weight excluding hydrogens is 312 g/mol. The molecule has 2 aromatic heterocycles. The number of imidazole rings is 1. The van der Waals surface area contributed by atoms with Gasteiger partial charge in [-0.2, -0.15) is 5.10 Å². The monoisotopic (exact) mass is 336 g/mol. The zero-order valence-electron chi connectivity index (χ0n) is 14.7. The van der Waals surface area contributed by atoms with Gasteiger partial charge < -0.3 is 15.2 Å². The lowest BCUT2D eigenvalue weighted by molar-refractivity contribution is 0.376. The number of anilines is 1. The number of nitrogens with one attached hydrogen (secondary N) is 2. The molecule has 1 aromatic carbocycles. The van der Waals surface area contributed by atoms with E-state index in [2.05, 4.69) is 60.3 Å². The highest BCUT2D eigenvalue weighted by Crippen LogP contribution is 2.22. The second-order valence-corrected chi connectivity index (χ2v) is 6.75. The van der Waals surface area contributed by atoms with E-state index in [0.29, 0.717) is 5.92 Å². The summed E-state index contributed by atoms with van der Waals surface area (Å²) in [7, 11) is 2.04. The van der Waals surface area contributed by atoms with Gasteiger partial charge in [0.05, 0.1) is 11.7 Å². The predicted octanol–water partition coefficient (Wildman–Crippen LogP) is 2.35. The lowest BCUT2D eigenvalue weighted by Crippen LogP contribution is -2.37. The lowest BCUT2D eigenvalue weighted by Gasteiger charge is -2.27. The summed E-state index contributed by atoms with van der Waals surface area (Å²) in [6, 6.07) is 12.7. The first-order valence-corrected chi connectivity index (χ1v) is 8.74. The summed E-state index contributed by atoms with van der Waals surface area (Å²) in [5.74, 6) is 2.64. The van der Waals surface area contributed by atoms with E-state index in [-0.39, 0.29) is 6.04 Å². The minimum atomic E-state index is 0.0851. The molecule has 2 N–H and O–H groups in total. The van der Waals surface area contributed by atoms with Crippen molar-refractivity contribution in [3.8, 4) is 0 Å². The van der Waals surface area contributed by atoms with Gasteiger partial charge in [0.1, 0.15) is 11.6 Å². The van der Waals surface area contributed by atoms with Crippen molar-refractivity contribution in [2.75, 3.05) is 18.4 Å². The van der Waals surface area contributed by atoms with Crippen LogP contribution in [0.2, 0.25) is 0 Å². The summed E-state index contributed by atoms with van der Waals surface area (Å²) < 4.78 is 4.15. The molecule has 3 heterocycles. The van der Waals surface area contributed by atoms with Crippen molar-refractivity contribution in [2.24, 2.45) is 13.0 Å². The molecular formula is C19H24N6. The van der Waals surface area contributed by atoms with E-state index >= 15 is 0 Å². The summed E-state index contributed by atoms with van der Waals surface area (Å²) >= 11 is 0. The Kier molecular flexibility index (Phi) is 4.28. The van der Waals surface area contributed by atoms with Gasteiger partial charge in [0, 0.05) is 51.1 Å². The van der Waals surface area contributed by atoms with Crippen LogP contribution in [-0.2, 0) is 13.6 Å². The Balaban J connectivity index is 1.49. The minimum absolute atomic E-state index is 0.0851. The number of rotatable bonds is 5. The van der Waals surface area contributed by atoms with Crippen LogP contribution in [0.25, 0.3) is 0 Å². The molecule has 6 nitrogen and oxygen atoms in total. The Bertz CT molecular complexity index is 835. The van der Waals surface area contributed by atoms with Gasteiger partial charge in [-0.05, 0) is 12.5 Å². The molecule has 0 spiro atoms. The van der Waals surface area contributed by atoms with Gasteiger partial charge in [-0.15, -0.1) is 0 Å². The molecule has 0 amide bonds. The molecule has 0 radical (unpaired) electrons. The Morgan fingerprint density at radius 3 is 2.92 bits per heavy atom. The first kappa shape index (κ1) is 15.9. The number of hydrogen-bond donors (Lipinski definition) is 2. The van der Waals surface area contributed by atoms with Gasteiger partial charge in [-0.25, -0.2) is 9.67 Å². The normalized spacial score (nSPS) is 17.8. The summed E-state index contributed by atoms with van der Waals surface area (Å²) in [6.07, 6.45) is 3.85. The first-order chi connectivity index (χ1) is 12.2. The van der Waals surface area contributed by atoms with E-state index < -0.39 is 0 Å². The largest absolute Gasteiger partial charge is 0.370 e. The molecule has 0 saturated carbocycles. The molecule has 0 unspecified atom stereocenters. The molecule has 0 aliphatic carbocycles. The van der Waals surface area contributed by atoms with Crippen LogP contribution in [0.5, 0.6) is 0 Å². The van der Waals surface area contributed by atoms with Crippen LogP contribution < -0.4 is 10.6 Å². The van der Waals surface area contributed by atoms with Gasteiger partial charge in [-0.3, -0.25) is 0 Å². The van der Waals surface area contributed by atoms with Crippen molar-refractivity contribution in [3.63, 3.8) is 0 Å².